The average molecular weight is 261 g/mol. The van der Waals surface area contributed by atoms with Crippen molar-refractivity contribution in [1.82, 2.24) is 4.57 Å². The molecule has 1 heterocycles. The van der Waals surface area contributed by atoms with Crippen LogP contribution in [0.2, 0.25) is 0 Å². The van der Waals surface area contributed by atoms with Gasteiger partial charge in [-0.1, -0.05) is 12.1 Å². The third kappa shape index (κ3) is 2.43. The Kier molecular flexibility index (Phi) is 2.93. The van der Waals surface area contributed by atoms with Crippen molar-refractivity contribution in [3.63, 3.8) is 0 Å². The molecule has 0 amide bonds. The number of ketones is 1. The summed E-state index contributed by atoms with van der Waals surface area (Å²) in [7, 11) is 0. The lowest BCUT2D eigenvalue weighted by Gasteiger charge is -2.05. The summed E-state index contributed by atoms with van der Waals surface area (Å²) >= 11 is 0. The van der Waals surface area contributed by atoms with Gasteiger partial charge in [0.15, 0.2) is 17.4 Å². The van der Waals surface area contributed by atoms with Gasteiger partial charge >= 0.3 is 0 Å². The molecule has 0 bridgehead atoms. The van der Waals surface area contributed by atoms with E-state index in [4.69, 9.17) is 0 Å². The monoisotopic (exact) mass is 261 g/mol. The van der Waals surface area contributed by atoms with Crippen LogP contribution in [0.25, 0.3) is 0 Å². The zero-order valence-electron chi connectivity index (χ0n) is 10.3. The van der Waals surface area contributed by atoms with Crippen molar-refractivity contribution in [2.75, 3.05) is 0 Å². The molecule has 19 heavy (non-hydrogen) atoms. The summed E-state index contributed by atoms with van der Waals surface area (Å²) in [5.74, 6) is -1.36. The smallest absolute Gasteiger partial charge is 0.167 e. The third-order valence-electron chi connectivity index (χ3n) is 3.37. The number of nitrogens with zero attached hydrogens (tertiary/aromatic N) is 1. The molecule has 2 nitrogen and oxygen atoms in total. The highest BCUT2D eigenvalue weighted by molar-refractivity contribution is 5.99. The summed E-state index contributed by atoms with van der Waals surface area (Å²) in [5, 5.41) is 0. The molecule has 1 aromatic heterocycles. The van der Waals surface area contributed by atoms with Crippen LogP contribution >= 0.6 is 0 Å². The van der Waals surface area contributed by atoms with E-state index in [1.807, 2.05) is 0 Å². The summed E-state index contributed by atoms with van der Waals surface area (Å²) in [4.78, 5) is 11.8. The first kappa shape index (κ1) is 12.1. The van der Waals surface area contributed by atoms with E-state index >= 15 is 0 Å². The first-order valence-electron chi connectivity index (χ1n) is 6.28. The first-order valence-corrected chi connectivity index (χ1v) is 6.28. The molecule has 0 N–H and O–H groups in total. The zero-order chi connectivity index (χ0) is 13.4. The molecule has 1 saturated carbocycles. The lowest BCUT2D eigenvalue weighted by atomic mass is 10.1. The second-order valence-corrected chi connectivity index (χ2v) is 4.92. The highest BCUT2D eigenvalue weighted by Gasteiger charge is 2.30. The van der Waals surface area contributed by atoms with Gasteiger partial charge in [-0.25, -0.2) is 8.78 Å². The van der Waals surface area contributed by atoms with E-state index in [0.29, 0.717) is 5.56 Å². The Labute approximate surface area is 109 Å². The van der Waals surface area contributed by atoms with Gasteiger partial charge in [0, 0.05) is 29.4 Å². The largest absolute Gasteiger partial charge is 0.349 e. The Hall–Kier alpha value is -1.97. The van der Waals surface area contributed by atoms with Crippen LogP contribution in [0.5, 0.6) is 0 Å². The minimum atomic E-state index is -0.848. The van der Waals surface area contributed by atoms with Crippen molar-refractivity contribution in [2.24, 2.45) is 5.92 Å². The number of carbonyl (C=O) groups is 1. The van der Waals surface area contributed by atoms with Gasteiger partial charge in [-0.15, -0.1) is 0 Å². The maximum atomic E-state index is 13.5. The van der Waals surface area contributed by atoms with Crippen molar-refractivity contribution >= 4 is 5.78 Å². The molecular formula is C15H13F2NO. The van der Waals surface area contributed by atoms with Gasteiger partial charge in [-0.3, -0.25) is 4.79 Å². The second-order valence-electron chi connectivity index (χ2n) is 4.92. The fourth-order valence-corrected chi connectivity index (χ4v) is 2.13. The minimum Gasteiger partial charge on any atom is -0.349 e. The topological polar surface area (TPSA) is 22.0 Å². The van der Waals surface area contributed by atoms with Crippen LogP contribution in [-0.4, -0.2) is 10.4 Å². The maximum absolute atomic E-state index is 13.5. The molecule has 1 fully saturated rings. The number of hydrogen-bond acceptors (Lipinski definition) is 1. The van der Waals surface area contributed by atoms with Crippen LogP contribution in [0.4, 0.5) is 8.78 Å². The minimum absolute atomic E-state index is 0.151. The Balaban J connectivity index is 1.80. The van der Waals surface area contributed by atoms with E-state index in [0.717, 1.165) is 18.9 Å². The van der Waals surface area contributed by atoms with Crippen molar-refractivity contribution in [3.05, 3.63) is 59.4 Å². The highest BCUT2D eigenvalue weighted by Crippen LogP contribution is 2.32. The summed E-state index contributed by atoms with van der Waals surface area (Å²) in [6.07, 6.45) is 5.34. The molecule has 0 aliphatic heterocycles. The van der Waals surface area contributed by atoms with E-state index in [1.54, 1.807) is 29.1 Å². The summed E-state index contributed by atoms with van der Waals surface area (Å²) in [6, 6.07) is 5.85. The van der Waals surface area contributed by atoms with E-state index in [-0.39, 0.29) is 23.8 Å². The van der Waals surface area contributed by atoms with Gasteiger partial charge in [-0.2, -0.15) is 0 Å². The molecule has 2 aromatic rings. The van der Waals surface area contributed by atoms with Gasteiger partial charge < -0.3 is 4.57 Å². The highest BCUT2D eigenvalue weighted by atomic mass is 19.2. The standard InChI is InChI=1S/C15H13F2NO/c16-13-3-1-2-11(14(13)17)8-18-7-6-12(9-18)15(19)10-4-5-10/h1-3,6-7,9-10H,4-5,8H2. The van der Waals surface area contributed by atoms with Crippen LogP contribution in [-0.2, 0) is 6.54 Å². The molecule has 3 rings (SSSR count). The molecule has 0 unspecified atom stereocenters. The number of carbonyl (C=O) groups excluding carboxylic acids is 1. The Morgan fingerprint density at radius 1 is 1.26 bits per heavy atom. The fraction of sp³-hybridized carbons (Fsp3) is 0.267. The van der Waals surface area contributed by atoms with Crippen LogP contribution in [0.15, 0.2) is 36.7 Å². The lowest BCUT2D eigenvalue weighted by Crippen LogP contribution is -2.03. The van der Waals surface area contributed by atoms with Gasteiger partial charge in [0.05, 0.1) is 6.54 Å². The van der Waals surface area contributed by atoms with E-state index in [1.165, 1.54) is 6.07 Å². The SMILES string of the molecule is O=C(c1ccn(Cc2cccc(F)c2F)c1)C1CC1. The number of Topliss-reactive ketones (excluding diaryl/α,β-unsaturated/α-hetero) is 1. The van der Waals surface area contributed by atoms with Crippen LogP contribution in [0.3, 0.4) is 0 Å². The summed E-state index contributed by atoms with van der Waals surface area (Å²) in [5.41, 5.74) is 0.931. The molecule has 0 saturated heterocycles. The van der Waals surface area contributed by atoms with Crippen LogP contribution in [0.1, 0.15) is 28.8 Å². The van der Waals surface area contributed by atoms with E-state index in [2.05, 4.69) is 0 Å². The number of hydrogen-bond donors (Lipinski definition) is 0. The normalized spacial score (nSPS) is 14.6. The Morgan fingerprint density at radius 2 is 2.05 bits per heavy atom. The summed E-state index contributed by atoms with van der Waals surface area (Å²) < 4.78 is 28.3. The quantitative estimate of drug-likeness (QED) is 0.773. The Morgan fingerprint density at radius 3 is 2.79 bits per heavy atom. The predicted molar refractivity (Wildman–Crippen MR) is 66.9 cm³/mol. The Bertz CT molecular complexity index is 629. The van der Waals surface area contributed by atoms with Crippen molar-refractivity contribution in [1.29, 1.82) is 0 Å². The third-order valence-corrected chi connectivity index (χ3v) is 3.37. The fourth-order valence-electron chi connectivity index (χ4n) is 2.13. The van der Waals surface area contributed by atoms with E-state index in [9.17, 15) is 13.6 Å². The van der Waals surface area contributed by atoms with Gasteiger partial charge in [-0.05, 0) is 25.0 Å². The van der Waals surface area contributed by atoms with Gasteiger partial charge in [0.25, 0.3) is 0 Å². The van der Waals surface area contributed by atoms with Crippen molar-refractivity contribution < 1.29 is 13.6 Å². The molecule has 0 spiro atoms. The van der Waals surface area contributed by atoms with E-state index < -0.39 is 11.6 Å². The van der Waals surface area contributed by atoms with Crippen LogP contribution in [0, 0.1) is 17.6 Å². The number of benzene rings is 1. The molecule has 0 radical (unpaired) electrons. The predicted octanol–water partition coefficient (Wildman–Crippen LogP) is 3.41. The van der Waals surface area contributed by atoms with Crippen molar-refractivity contribution in [2.45, 2.75) is 19.4 Å². The lowest BCUT2D eigenvalue weighted by molar-refractivity contribution is 0.0967. The molecule has 4 heteroatoms. The molecule has 98 valence electrons. The van der Waals surface area contributed by atoms with Gasteiger partial charge in [0.1, 0.15) is 0 Å². The summed E-state index contributed by atoms with van der Waals surface area (Å²) in [6.45, 7) is 0.224. The maximum Gasteiger partial charge on any atom is 0.167 e. The second kappa shape index (κ2) is 4.61. The molecule has 1 aliphatic rings. The molecule has 1 aromatic carbocycles. The molecule has 0 atom stereocenters. The molecule has 1 aliphatic carbocycles. The molecular weight excluding hydrogens is 248 g/mol. The average Bonchev–Trinajstić information content (AvgIpc) is 3.14. The van der Waals surface area contributed by atoms with Crippen molar-refractivity contribution in [3.8, 4) is 0 Å². The number of rotatable bonds is 4. The van der Waals surface area contributed by atoms with Gasteiger partial charge in [0.2, 0.25) is 0 Å². The zero-order valence-corrected chi connectivity index (χ0v) is 10.3. The van der Waals surface area contributed by atoms with Crippen LogP contribution < -0.4 is 0 Å². The number of aromatic nitrogens is 1. The number of halogens is 2. The first-order chi connectivity index (χ1) is 9.15.